The van der Waals surface area contributed by atoms with Crippen LogP contribution in [0.1, 0.15) is 65.1 Å². The highest BCUT2D eigenvalue weighted by molar-refractivity contribution is 6.07. The number of hydrogen-bond acceptors (Lipinski definition) is 8. The molecule has 40 heavy (non-hydrogen) atoms. The van der Waals surface area contributed by atoms with Crippen LogP contribution in [0.4, 0.5) is 5.69 Å². The van der Waals surface area contributed by atoms with Crippen LogP contribution in [0.2, 0.25) is 0 Å². The first-order valence-corrected chi connectivity index (χ1v) is 13.2. The van der Waals surface area contributed by atoms with Gasteiger partial charge in [0.15, 0.2) is 12.4 Å². The summed E-state index contributed by atoms with van der Waals surface area (Å²) < 4.78 is 16.9. The van der Waals surface area contributed by atoms with E-state index >= 15 is 0 Å². The van der Waals surface area contributed by atoms with Crippen LogP contribution in [0.15, 0.2) is 24.3 Å². The van der Waals surface area contributed by atoms with Crippen molar-refractivity contribution in [1.82, 2.24) is 4.90 Å². The van der Waals surface area contributed by atoms with E-state index in [-0.39, 0.29) is 23.7 Å². The molecular formula is C29H36N4O7. The number of benzene rings is 2. The number of rotatable bonds is 10. The van der Waals surface area contributed by atoms with Gasteiger partial charge in [-0.1, -0.05) is 20.8 Å². The smallest absolute Gasteiger partial charge is 0.341 e. The third-order valence-electron chi connectivity index (χ3n) is 6.93. The Balaban J connectivity index is 1.68. The Morgan fingerprint density at radius 1 is 1.10 bits per heavy atom. The largest absolute Gasteiger partial charge is 0.493 e. The maximum Gasteiger partial charge on any atom is 0.341 e. The molecule has 214 valence electrons. The standard InChI is InChI=1S/C29H36N4O7/c1-5-39-24-12-18-14-33(27(30)19(18)13-20(24)28(31)37)15-23(34)17-10-21(29(2,3)4)26(40-16-25(35)36)22(11-17)32-6-8-38-9-7-32/h10-13,30H,5-9,14-16H2,1-4H3,(H2,31,37)(H,35,36). The van der Waals surface area contributed by atoms with Gasteiger partial charge in [0, 0.05) is 36.3 Å². The van der Waals surface area contributed by atoms with Crippen LogP contribution in [0, 0.1) is 5.41 Å². The highest BCUT2D eigenvalue weighted by Gasteiger charge is 2.31. The number of amides is 1. The molecule has 2 heterocycles. The van der Waals surface area contributed by atoms with Crippen molar-refractivity contribution in [1.29, 1.82) is 5.41 Å². The maximum atomic E-state index is 13.7. The molecular weight excluding hydrogens is 516 g/mol. The lowest BCUT2D eigenvalue weighted by Gasteiger charge is -2.33. The second-order valence-electron chi connectivity index (χ2n) is 10.8. The molecule has 0 saturated carbocycles. The van der Waals surface area contributed by atoms with E-state index in [1.165, 1.54) is 0 Å². The van der Waals surface area contributed by atoms with Gasteiger partial charge in [-0.2, -0.15) is 0 Å². The van der Waals surface area contributed by atoms with Gasteiger partial charge in [-0.05, 0) is 42.2 Å². The van der Waals surface area contributed by atoms with Gasteiger partial charge >= 0.3 is 5.97 Å². The monoisotopic (exact) mass is 552 g/mol. The zero-order valence-corrected chi connectivity index (χ0v) is 23.3. The highest BCUT2D eigenvalue weighted by Crippen LogP contribution is 2.41. The Morgan fingerprint density at radius 2 is 1.80 bits per heavy atom. The number of aliphatic carboxylic acids is 1. The molecule has 11 heteroatoms. The van der Waals surface area contributed by atoms with E-state index in [4.69, 9.17) is 25.4 Å². The molecule has 2 aliphatic heterocycles. The molecule has 4 N–H and O–H groups in total. The first kappa shape index (κ1) is 28.9. The number of ketones is 1. The van der Waals surface area contributed by atoms with Crippen molar-refractivity contribution in [3.05, 3.63) is 52.1 Å². The van der Waals surface area contributed by atoms with Crippen LogP contribution in [-0.4, -0.2) is 79.6 Å². The molecule has 0 unspecified atom stereocenters. The predicted molar refractivity (Wildman–Crippen MR) is 149 cm³/mol. The fourth-order valence-corrected chi connectivity index (χ4v) is 4.95. The summed E-state index contributed by atoms with van der Waals surface area (Å²) in [7, 11) is 0. The Kier molecular flexibility index (Phi) is 8.34. The van der Waals surface area contributed by atoms with Crippen LogP contribution in [0.25, 0.3) is 0 Å². The predicted octanol–water partition coefficient (Wildman–Crippen LogP) is 2.81. The van der Waals surface area contributed by atoms with E-state index < -0.39 is 23.9 Å². The van der Waals surface area contributed by atoms with Crippen molar-refractivity contribution < 1.29 is 33.7 Å². The minimum absolute atomic E-state index is 0.0646. The molecule has 2 aliphatic rings. The Hall–Kier alpha value is -4.12. The summed E-state index contributed by atoms with van der Waals surface area (Å²) >= 11 is 0. The Bertz CT molecular complexity index is 1340. The van der Waals surface area contributed by atoms with Crippen LogP contribution >= 0.6 is 0 Å². The van der Waals surface area contributed by atoms with E-state index in [0.717, 1.165) is 5.56 Å². The molecule has 1 saturated heterocycles. The van der Waals surface area contributed by atoms with Crippen LogP contribution in [0.3, 0.4) is 0 Å². The third kappa shape index (κ3) is 6.04. The average molecular weight is 553 g/mol. The van der Waals surface area contributed by atoms with Gasteiger partial charge in [0.2, 0.25) is 0 Å². The molecule has 0 aliphatic carbocycles. The van der Waals surface area contributed by atoms with E-state index in [2.05, 4.69) is 0 Å². The number of Topliss-reactive ketones (excluding diaryl/α,β-unsaturated/α-hetero) is 1. The molecule has 0 radical (unpaired) electrons. The fraction of sp³-hybridized carbons (Fsp3) is 0.448. The Labute approximate surface area is 233 Å². The van der Waals surface area contributed by atoms with Crippen molar-refractivity contribution in [2.45, 2.75) is 39.7 Å². The summed E-state index contributed by atoms with van der Waals surface area (Å²) in [5.74, 6) is -1.02. The number of carbonyl (C=O) groups excluding carboxylic acids is 2. The van der Waals surface area contributed by atoms with E-state index in [1.807, 2.05) is 25.7 Å². The summed E-state index contributed by atoms with van der Waals surface area (Å²) in [5, 5.41) is 18.0. The van der Waals surface area contributed by atoms with E-state index in [9.17, 15) is 19.5 Å². The first-order chi connectivity index (χ1) is 18.9. The van der Waals surface area contributed by atoms with Gasteiger partial charge in [0.05, 0.1) is 37.6 Å². The molecule has 0 aromatic heterocycles. The average Bonchev–Trinajstić information content (AvgIpc) is 3.20. The molecule has 0 bridgehead atoms. The van der Waals surface area contributed by atoms with E-state index in [0.29, 0.717) is 73.3 Å². The number of anilines is 1. The normalized spacial score (nSPS) is 15.2. The minimum atomic E-state index is -1.09. The lowest BCUT2D eigenvalue weighted by Crippen LogP contribution is -2.37. The zero-order valence-electron chi connectivity index (χ0n) is 23.3. The summed E-state index contributed by atoms with van der Waals surface area (Å²) in [6.45, 7) is 9.98. The quantitative estimate of drug-likeness (QED) is 0.377. The van der Waals surface area contributed by atoms with Crippen LogP contribution in [-0.2, 0) is 21.5 Å². The molecule has 0 atom stereocenters. The minimum Gasteiger partial charge on any atom is -0.493 e. The van der Waals surface area contributed by atoms with Crippen molar-refractivity contribution >= 4 is 29.2 Å². The molecule has 11 nitrogen and oxygen atoms in total. The van der Waals surface area contributed by atoms with Crippen molar-refractivity contribution in [3.8, 4) is 11.5 Å². The molecule has 2 aromatic rings. The number of nitrogens with one attached hydrogen (secondary N) is 1. The first-order valence-electron chi connectivity index (χ1n) is 13.2. The van der Waals surface area contributed by atoms with Gasteiger partial charge in [0.1, 0.15) is 17.3 Å². The van der Waals surface area contributed by atoms with Gasteiger partial charge < -0.3 is 34.9 Å². The number of ether oxygens (including phenoxy) is 3. The molecule has 1 amide bonds. The highest BCUT2D eigenvalue weighted by atomic mass is 16.5. The second kappa shape index (κ2) is 11.5. The number of primary amides is 1. The van der Waals surface area contributed by atoms with Gasteiger partial charge in [-0.3, -0.25) is 15.0 Å². The zero-order chi connectivity index (χ0) is 29.2. The number of carboxylic acid groups (broad SMARTS) is 1. The summed E-state index contributed by atoms with van der Waals surface area (Å²) in [6, 6.07) is 6.76. The van der Waals surface area contributed by atoms with Gasteiger partial charge in [0.25, 0.3) is 5.91 Å². The lowest BCUT2D eigenvalue weighted by molar-refractivity contribution is -0.139. The number of amidine groups is 1. The van der Waals surface area contributed by atoms with Crippen molar-refractivity contribution in [2.24, 2.45) is 5.73 Å². The van der Waals surface area contributed by atoms with Gasteiger partial charge in [-0.15, -0.1) is 0 Å². The second-order valence-corrected chi connectivity index (χ2v) is 10.8. The summed E-state index contributed by atoms with van der Waals surface area (Å²) in [6.07, 6.45) is 0. The van der Waals surface area contributed by atoms with Crippen molar-refractivity contribution in [2.75, 3.05) is 51.0 Å². The fourth-order valence-electron chi connectivity index (χ4n) is 4.95. The third-order valence-corrected chi connectivity index (χ3v) is 6.93. The lowest BCUT2D eigenvalue weighted by atomic mass is 9.84. The van der Waals surface area contributed by atoms with Gasteiger partial charge in [-0.25, -0.2) is 4.79 Å². The number of hydrogen-bond donors (Lipinski definition) is 3. The molecule has 2 aromatic carbocycles. The Morgan fingerprint density at radius 3 is 2.40 bits per heavy atom. The molecule has 1 fully saturated rings. The van der Waals surface area contributed by atoms with Crippen molar-refractivity contribution in [3.63, 3.8) is 0 Å². The van der Waals surface area contributed by atoms with Crippen LogP contribution < -0.4 is 20.1 Å². The SMILES string of the molecule is CCOc1cc2c(cc1C(N)=O)C(=N)N(CC(=O)c1cc(N3CCOCC3)c(OCC(=O)O)c(C(C)(C)C)c1)C2. The summed E-state index contributed by atoms with van der Waals surface area (Å²) in [5.41, 5.74) is 8.38. The number of nitrogens with two attached hydrogens (primary N) is 1. The molecule has 0 spiro atoms. The summed E-state index contributed by atoms with van der Waals surface area (Å²) in [4.78, 5) is 40.7. The topological polar surface area (TPSA) is 155 Å². The number of nitrogens with zero attached hydrogens (tertiary/aromatic N) is 2. The molecule has 4 rings (SSSR count). The number of carboxylic acids is 1. The number of morpholine rings is 1. The number of carbonyl (C=O) groups is 3. The van der Waals surface area contributed by atoms with Crippen LogP contribution in [0.5, 0.6) is 11.5 Å². The van der Waals surface area contributed by atoms with E-state index in [1.54, 1.807) is 36.1 Å². The maximum absolute atomic E-state index is 13.7. The number of fused-ring (bicyclic) bond motifs is 1.